The van der Waals surface area contributed by atoms with E-state index < -0.39 is 0 Å². The van der Waals surface area contributed by atoms with Crippen LogP contribution in [0.1, 0.15) is 18.4 Å². The average molecular weight is 430 g/mol. The lowest BCUT2D eigenvalue weighted by atomic mass is 10.1. The summed E-state index contributed by atoms with van der Waals surface area (Å²) in [6, 6.07) is 18.6. The SMILES string of the molecule is O=C(Cc1ccc(Br)cc1)NCCCCN1CCN(c2ccccc2)CC1. The summed E-state index contributed by atoms with van der Waals surface area (Å²) in [5.41, 5.74) is 2.37. The molecule has 1 fully saturated rings. The molecule has 5 heteroatoms. The van der Waals surface area contributed by atoms with Crippen molar-refractivity contribution in [2.75, 3.05) is 44.2 Å². The number of rotatable bonds is 8. The predicted octanol–water partition coefficient (Wildman–Crippen LogP) is 3.71. The highest BCUT2D eigenvalue weighted by Gasteiger charge is 2.16. The Morgan fingerprint density at radius 1 is 0.926 bits per heavy atom. The van der Waals surface area contributed by atoms with Gasteiger partial charge in [-0.2, -0.15) is 0 Å². The Balaban J connectivity index is 1.25. The first-order valence-corrected chi connectivity index (χ1v) is 10.5. The van der Waals surface area contributed by atoms with Crippen molar-refractivity contribution < 1.29 is 4.79 Å². The third kappa shape index (κ3) is 6.67. The molecule has 0 bridgehead atoms. The molecule has 0 unspecified atom stereocenters. The quantitative estimate of drug-likeness (QED) is 0.649. The van der Waals surface area contributed by atoms with E-state index in [1.54, 1.807) is 0 Å². The smallest absolute Gasteiger partial charge is 0.224 e. The number of carbonyl (C=O) groups excluding carboxylic acids is 1. The van der Waals surface area contributed by atoms with E-state index in [1.165, 1.54) is 5.69 Å². The van der Waals surface area contributed by atoms with E-state index in [9.17, 15) is 4.79 Å². The lowest BCUT2D eigenvalue weighted by Crippen LogP contribution is -2.46. The third-order valence-electron chi connectivity index (χ3n) is 4.99. The highest BCUT2D eigenvalue weighted by molar-refractivity contribution is 9.10. The van der Waals surface area contributed by atoms with Crippen LogP contribution in [-0.4, -0.2) is 50.1 Å². The Hall–Kier alpha value is -1.85. The van der Waals surface area contributed by atoms with Gasteiger partial charge >= 0.3 is 0 Å². The van der Waals surface area contributed by atoms with Crippen LogP contribution in [0, 0.1) is 0 Å². The van der Waals surface area contributed by atoms with Crippen LogP contribution in [0.3, 0.4) is 0 Å². The number of hydrogen-bond donors (Lipinski definition) is 1. The van der Waals surface area contributed by atoms with Crippen molar-refractivity contribution in [3.05, 3.63) is 64.6 Å². The van der Waals surface area contributed by atoms with Crippen LogP contribution in [-0.2, 0) is 11.2 Å². The number of amides is 1. The maximum atomic E-state index is 12.0. The van der Waals surface area contributed by atoms with Crippen molar-refractivity contribution in [1.29, 1.82) is 0 Å². The molecule has 0 spiro atoms. The lowest BCUT2D eigenvalue weighted by molar-refractivity contribution is -0.120. The first-order valence-electron chi connectivity index (χ1n) is 9.74. The Morgan fingerprint density at radius 3 is 2.33 bits per heavy atom. The lowest BCUT2D eigenvalue weighted by Gasteiger charge is -2.36. The second-order valence-corrected chi connectivity index (χ2v) is 7.94. The molecule has 2 aromatic carbocycles. The fourth-order valence-corrected chi connectivity index (χ4v) is 3.67. The molecule has 3 rings (SSSR count). The molecule has 1 aliphatic rings. The number of benzene rings is 2. The second kappa shape index (κ2) is 10.5. The molecule has 0 atom stereocenters. The highest BCUT2D eigenvalue weighted by Crippen LogP contribution is 2.15. The molecule has 1 amide bonds. The van der Waals surface area contributed by atoms with E-state index in [4.69, 9.17) is 0 Å². The van der Waals surface area contributed by atoms with Crippen molar-refractivity contribution in [3.8, 4) is 0 Å². The number of nitrogens with one attached hydrogen (secondary N) is 1. The van der Waals surface area contributed by atoms with E-state index in [1.807, 2.05) is 24.3 Å². The summed E-state index contributed by atoms with van der Waals surface area (Å²) in [6.07, 6.45) is 2.61. The fourth-order valence-electron chi connectivity index (χ4n) is 3.41. The minimum Gasteiger partial charge on any atom is -0.369 e. The third-order valence-corrected chi connectivity index (χ3v) is 5.52. The number of nitrogens with zero attached hydrogens (tertiary/aromatic N) is 2. The van der Waals surface area contributed by atoms with Crippen LogP contribution in [0.5, 0.6) is 0 Å². The molecule has 1 heterocycles. The Kier molecular flexibility index (Phi) is 7.72. The van der Waals surface area contributed by atoms with Gasteiger partial charge in [0.1, 0.15) is 0 Å². The molecule has 1 N–H and O–H groups in total. The molecule has 27 heavy (non-hydrogen) atoms. The number of piperazine rings is 1. The van der Waals surface area contributed by atoms with Gasteiger partial charge in [-0.25, -0.2) is 0 Å². The minimum absolute atomic E-state index is 0.105. The molecule has 2 aromatic rings. The molecule has 1 aliphatic heterocycles. The first-order chi connectivity index (χ1) is 13.2. The van der Waals surface area contributed by atoms with Crippen molar-refractivity contribution in [2.45, 2.75) is 19.3 Å². The van der Waals surface area contributed by atoms with Crippen molar-refractivity contribution >= 4 is 27.5 Å². The zero-order valence-electron chi connectivity index (χ0n) is 15.7. The zero-order valence-corrected chi connectivity index (χ0v) is 17.3. The van der Waals surface area contributed by atoms with Crippen molar-refractivity contribution in [3.63, 3.8) is 0 Å². The van der Waals surface area contributed by atoms with E-state index in [0.29, 0.717) is 6.42 Å². The number of carbonyl (C=O) groups is 1. The summed E-state index contributed by atoms with van der Waals surface area (Å²) >= 11 is 3.41. The summed E-state index contributed by atoms with van der Waals surface area (Å²) in [7, 11) is 0. The summed E-state index contributed by atoms with van der Waals surface area (Å²) in [5.74, 6) is 0.105. The predicted molar refractivity (Wildman–Crippen MR) is 115 cm³/mol. The number of para-hydroxylation sites is 1. The van der Waals surface area contributed by atoms with Gasteiger partial charge in [0.05, 0.1) is 6.42 Å². The van der Waals surface area contributed by atoms with Crippen LogP contribution >= 0.6 is 15.9 Å². The van der Waals surface area contributed by atoms with Crippen molar-refractivity contribution in [2.24, 2.45) is 0 Å². The van der Waals surface area contributed by atoms with Crippen LogP contribution in [0.15, 0.2) is 59.1 Å². The average Bonchev–Trinajstić information content (AvgIpc) is 2.71. The van der Waals surface area contributed by atoms with Gasteiger partial charge in [0.25, 0.3) is 0 Å². The molecule has 0 aromatic heterocycles. The van der Waals surface area contributed by atoms with Crippen LogP contribution < -0.4 is 10.2 Å². The topological polar surface area (TPSA) is 35.6 Å². The number of unbranched alkanes of at least 4 members (excludes halogenated alkanes) is 1. The largest absolute Gasteiger partial charge is 0.369 e. The van der Waals surface area contributed by atoms with Crippen molar-refractivity contribution in [1.82, 2.24) is 10.2 Å². The minimum atomic E-state index is 0.105. The Labute approximate surface area is 170 Å². The number of halogens is 1. The van der Waals surface area contributed by atoms with Gasteiger partial charge in [0.15, 0.2) is 0 Å². The van der Waals surface area contributed by atoms with Gasteiger partial charge in [0, 0.05) is 42.9 Å². The molecule has 0 radical (unpaired) electrons. The van der Waals surface area contributed by atoms with Gasteiger partial charge < -0.3 is 10.2 Å². The van der Waals surface area contributed by atoms with Gasteiger partial charge in [-0.15, -0.1) is 0 Å². The summed E-state index contributed by atoms with van der Waals surface area (Å²) in [4.78, 5) is 17.0. The van der Waals surface area contributed by atoms with E-state index in [-0.39, 0.29) is 5.91 Å². The maximum absolute atomic E-state index is 12.0. The van der Waals surface area contributed by atoms with E-state index >= 15 is 0 Å². The van der Waals surface area contributed by atoms with Gasteiger partial charge in [-0.1, -0.05) is 46.3 Å². The van der Waals surface area contributed by atoms with Crippen LogP contribution in [0.25, 0.3) is 0 Å². The summed E-state index contributed by atoms with van der Waals surface area (Å²) in [6.45, 7) is 6.29. The molecule has 144 valence electrons. The molecule has 0 saturated carbocycles. The first kappa shape index (κ1) is 19.9. The number of hydrogen-bond acceptors (Lipinski definition) is 3. The van der Waals surface area contributed by atoms with Crippen LogP contribution in [0.4, 0.5) is 5.69 Å². The fraction of sp³-hybridized carbons (Fsp3) is 0.409. The standard InChI is InChI=1S/C22H28BrN3O/c23-20-10-8-19(9-11-20)18-22(27)24-12-4-5-13-25-14-16-26(17-15-25)21-6-2-1-3-7-21/h1-3,6-11H,4-5,12-18H2,(H,24,27). The molecule has 4 nitrogen and oxygen atoms in total. The highest BCUT2D eigenvalue weighted by atomic mass is 79.9. The van der Waals surface area contributed by atoms with Gasteiger partial charge in [0.2, 0.25) is 5.91 Å². The summed E-state index contributed by atoms with van der Waals surface area (Å²) in [5, 5.41) is 3.03. The Morgan fingerprint density at radius 2 is 1.63 bits per heavy atom. The van der Waals surface area contributed by atoms with Gasteiger partial charge in [-0.3, -0.25) is 9.69 Å². The Bertz CT molecular complexity index is 697. The monoisotopic (exact) mass is 429 g/mol. The second-order valence-electron chi connectivity index (χ2n) is 7.02. The molecule has 1 saturated heterocycles. The maximum Gasteiger partial charge on any atom is 0.224 e. The molecular formula is C22H28BrN3O. The normalized spacial score (nSPS) is 14.9. The van der Waals surface area contributed by atoms with Gasteiger partial charge in [-0.05, 0) is 49.2 Å². The molecular weight excluding hydrogens is 402 g/mol. The number of anilines is 1. The summed E-state index contributed by atoms with van der Waals surface area (Å²) < 4.78 is 1.04. The zero-order chi connectivity index (χ0) is 18.9. The van der Waals surface area contributed by atoms with E-state index in [0.717, 1.165) is 62.1 Å². The van der Waals surface area contributed by atoms with Crippen LogP contribution in [0.2, 0.25) is 0 Å². The molecule has 0 aliphatic carbocycles. The van der Waals surface area contributed by atoms with E-state index in [2.05, 4.69) is 61.4 Å².